The van der Waals surface area contributed by atoms with E-state index in [1.165, 1.54) is 0 Å². The van der Waals surface area contributed by atoms with Crippen LogP contribution in [0.1, 0.15) is 6.42 Å². The quantitative estimate of drug-likeness (QED) is 0.731. The third kappa shape index (κ3) is 3.57. The van der Waals surface area contributed by atoms with Gasteiger partial charge < -0.3 is 25.2 Å². The summed E-state index contributed by atoms with van der Waals surface area (Å²) >= 11 is 0. The second kappa shape index (κ2) is 6.74. The molecular formula is C16H23N3O4. The highest BCUT2D eigenvalue weighted by molar-refractivity contribution is 5.89. The zero-order valence-corrected chi connectivity index (χ0v) is 13.2. The summed E-state index contributed by atoms with van der Waals surface area (Å²) in [4.78, 5) is 16.2. The summed E-state index contributed by atoms with van der Waals surface area (Å²) in [6, 6.07) is 7.07. The van der Waals surface area contributed by atoms with Gasteiger partial charge in [-0.2, -0.15) is 0 Å². The Balaban J connectivity index is 1.66. The molecule has 126 valence electrons. The average Bonchev–Trinajstić information content (AvgIpc) is 2.54. The number of fused-ring (bicyclic) bond motifs is 1. The van der Waals surface area contributed by atoms with Crippen molar-refractivity contribution in [2.24, 2.45) is 0 Å². The van der Waals surface area contributed by atoms with Crippen LogP contribution < -0.4 is 10.1 Å². The van der Waals surface area contributed by atoms with Crippen molar-refractivity contribution in [3.05, 3.63) is 24.3 Å². The number of carbonyl (C=O) groups excluding carboxylic acids is 1. The molecule has 2 aliphatic heterocycles. The van der Waals surface area contributed by atoms with Gasteiger partial charge in [-0.25, -0.2) is 4.79 Å². The lowest BCUT2D eigenvalue weighted by atomic mass is 9.98. The number of β-amino-alcohol motifs (C(OH)–C–C–N with tert-alkyl or cyclic N) is 1. The van der Waals surface area contributed by atoms with Crippen LogP contribution in [0.3, 0.4) is 0 Å². The first-order chi connectivity index (χ1) is 11.1. The Morgan fingerprint density at radius 1 is 1.17 bits per heavy atom. The van der Waals surface area contributed by atoms with E-state index >= 15 is 0 Å². The van der Waals surface area contributed by atoms with E-state index < -0.39 is 12.2 Å². The van der Waals surface area contributed by atoms with Gasteiger partial charge in [0.25, 0.3) is 0 Å². The monoisotopic (exact) mass is 321 g/mol. The van der Waals surface area contributed by atoms with Crippen LogP contribution in [0.4, 0.5) is 10.5 Å². The number of methoxy groups -OCH3 is 1. The van der Waals surface area contributed by atoms with Crippen molar-refractivity contribution < 1.29 is 19.7 Å². The van der Waals surface area contributed by atoms with E-state index in [0.717, 1.165) is 18.7 Å². The van der Waals surface area contributed by atoms with Gasteiger partial charge in [0.1, 0.15) is 5.75 Å². The molecule has 3 N–H and O–H groups in total. The van der Waals surface area contributed by atoms with E-state index in [2.05, 4.69) is 10.2 Å². The first-order valence-electron chi connectivity index (χ1n) is 7.87. The molecule has 0 spiro atoms. The molecule has 3 rings (SSSR count). The highest BCUT2D eigenvalue weighted by Gasteiger charge is 2.37. The summed E-state index contributed by atoms with van der Waals surface area (Å²) in [5, 5.41) is 22.9. The lowest BCUT2D eigenvalue weighted by molar-refractivity contribution is -0.0632. The molecule has 2 heterocycles. The molecule has 1 aromatic rings. The van der Waals surface area contributed by atoms with Crippen molar-refractivity contribution in [2.75, 3.05) is 38.6 Å². The minimum Gasteiger partial charge on any atom is -0.497 e. The highest BCUT2D eigenvalue weighted by atomic mass is 16.5. The largest absolute Gasteiger partial charge is 0.497 e. The van der Waals surface area contributed by atoms with Crippen LogP contribution in [0, 0.1) is 0 Å². The molecule has 2 fully saturated rings. The predicted octanol–water partition coefficient (Wildman–Crippen LogP) is 0.339. The third-order valence-electron chi connectivity index (χ3n) is 4.60. The molecule has 7 nitrogen and oxygen atoms in total. The molecule has 0 bridgehead atoms. The Hall–Kier alpha value is -1.83. The van der Waals surface area contributed by atoms with Crippen molar-refractivity contribution in [3.63, 3.8) is 0 Å². The fourth-order valence-corrected chi connectivity index (χ4v) is 3.02. The summed E-state index contributed by atoms with van der Waals surface area (Å²) in [7, 11) is 1.59. The van der Waals surface area contributed by atoms with Gasteiger partial charge in [0.05, 0.1) is 25.9 Å². The molecule has 0 saturated carbocycles. The zero-order chi connectivity index (χ0) is 16.4. The van der Waals surface area contributed by atoms with Crippen LogP contribution in [0.25, 0.3) is 0 Å². The summed E-state index contributed by atoms with van der Waals surface area (Å²) in [6.07, 6.45) is -0.748. The van der Waals surface area contributed by atoms with Crippen molar-refractivity contribution in [2.45, 2.75) is 24.7 Å². The molecule has 0 radical (unpaired) electrons. The number of aliphatic hydroxyl groups is 2. The lowest BCUT2D eigenvalue weighted by Gasteiger charge is -2.47. The summed E-state index contributed by atoms with van der Waals surface area (Å²) in [5.41, 5.74) is 0.665. The Morgan fingerprint density at radius 3 is 2.48 bits per heavy atom. The molecule has 1 aromatic carbocycles. The number of urea groups is 1. The van der Waals surface area contributed by atoms with Crippen molar-refractivity contribution in [1.82, 2.24) is 9.80 Å². The van der Waals surface area contributed by atoms with E-state index in [4.69, 9.17) is 4.74 Å². The van der Waals surface area contributed by atoms with E-state index in [0.29, 0.717) is 18.8 Å². The topological polar surface area (TPSA) is 85.3 Å². The molecule has 2 aliphatic rings. The SMILES string of the molecule is COc1ccc(NC(=O)N2C[C@H]3CCN3C[C@H](O)[C@H](O)C2)cc1. The van der Waals surface area contributed by atoms with Gasteiger partial charge in [0, 0.05) is 31.4 Å². The molecular weight excluding hydrogens is 298 g/mol. The highest BCUT2D eigenvalue weighted by Crippen LogP contribution is 2.23. The number of ether oxygens (including phenoxy) is 1. The molecule has 23 heavy (non-hydrogen) atoms. The number of carbonyl (C=O) groups is 1. The Labute approximate surface area is 135 Å². The fraction of sp³-hybridized carbons (Fsp3) is 0.562. The predicted molar refractivity (Wildman–Crippen MR) is 85.6 cm³/mol. The maximum atomic E-state index is 12.5. The minimum absolute atomic E-state index is 0.132. The number of nitrogens with one attached hydrogen (secondary N) is 1. The van der Waals surface area contributed by atoms with Crippen molar-refractivity contribution >= 4 is 11.7 Å². The zero-order valence-electron chi connectivity index (χ0n) is 13.2. The van der Waals surface area contributed by atoms with Gasteiger partial charge in [-0.1, -0.05) is 0 Å². The Bertz CT molecular complexity index is 543. The van der Waals surface area contributed by atoms with Crippen LogP contribution in [-0.4, -0.2) is 77.6 Å². The number of aliphatic hydroxyl groups excluding tert-OH is 2. The molecule has 3 atom stereocenters. The third-order valence-corrected chi connectivity index (χ3v) is 4.60. The van der Waals surface area contributed by atoms with Gasteiger partial charge in [-0.3, -0.25) is 4.90 Å². The van der Waals surface area contributed by atoms with Crippen LogP contribution in [-0.2, 0) is 0 Å². The van der Waals surface area contributed by atoms with Crippen molar-refractivity contribution in [3.8, 4) is 5.75 Å². The number of nitrogens with zero attached hydrogens (tertiary/aromatic N) is 2. The summed E-state index contributed by atoms with van der Waals surface area (Å²) < 4.78 is 5.09. The van der Waals surface area contributed by atoms with Crippen molar-refractivity contribution in [1.29, 1.82) is 0 Å². The number of rotatable bonds is 2. The molecule has 0 aromatic heterocycles. The standard InChI is InChI=1S/C16H23N3O4/c1-23-13-4-2-11(3-5-13)17-16(22)19-8-12-6-7-18(12)9-14(20)15(21)10-19/h2-5,12,14-15,20-21H,6-10H2,1H3,(H,17,22)/t12-,14+,15-/m1/s1. The second-order valence-electron chi connectivity index (χ2n) is 6.14. The smallest absolute Gasteiger partial charge is 0.321 e. The van der Waals surface area contributed by atoms with E-state index in [9.17, 15) is 15.0 Å². The maximum absolute atomic E-state index is 12.5. The van der Waals surface area contributed by atoms with E-state index in [-0.39, 0.29) is 18.6 Å². The molecule has 0 unspecified atom stereocenters. The van der Waals surface area contributed by atoms with Crippen LogP contribution in [0.15, 0.2) is 24.3 Å². The Morgan fingerprint density at radius 2 is 1.87 bits per heavy atom. The number of benzene rings is 1. The molecule has 2 saturated heterocycles. The van der Waals surface area contributed by atoms with Gasteiger partial charge in [-0.15, -0.1) is 0 Å². The number of amides is 2. The normalized spacial score (nSPS) is 28.1. The van der Waals surface area contributed by atoms with Crippen LogP contribution >= 0.6 is 0 Å². The minimum atomic E-state index is -0.932. The van der Waals surface area contributed by atoms with E-state index in [1.807, 2.05) is 0 Å². The maximum Gasteiger partial charge on any atom is 0.321 e. The first kappa shape index (κ1) is 16.0. The van der Waals surface area contributed by atoms with Gasteiger partial charge in [-0.05, 0) is 30.7 Å². The molecule has 7 heteroatoms. The first-order valence-corrected chi connectivity index (χ1v) is 7.87. The fourth-order valence-electron chi connectivity index (χ4n) is 3.02. The number of hydrogen-bond acceptors (Lipinski definition) is 5. The van der Waals surface area contributed by atoms with Crippen LogP contribution in [0.5, 0.6) is 5.75 Å². The second-order valence-corrected chi connectivity index (χ2v) is 6.14. The average molecular weight is 321 g/mol. The number of hydrogen-bond donors (Lipinski definition) is 3. The lowest BCUT2D eigenvalue weighted by Crippen LogP contribution is -2.62. The Kier molecular flexibility index (Phi) is 4.70. The molecule has 0 aliphatic carbocycles. The van der Waals surface area contributed by atoms with E-state index in [1.54, 1.807) is 36.3 Å². The van der Waals surface area contributed by atoms with Crippen LogP contribution in [0.2, 0.25) is 0 Å². The van der Waals surface area contributed by atoms with Gasteiger partial charge in [0.15, 0.2) is 0 Å². The molecule has 2 amide bonds. The summed E-state index contributed by atoms with van der Waals surface area (Å²) in [6.45, 7) is 2.07. The van der Waals surface area contributed by atoms with Gasteiger partial charge in [0.2, 0.25) is 0 Å². The van der Waals surface area contributed by atoms with Gasteiger partial charge >= 0.3 is 6.03 Å². The summed E-state index contributed by atoms with van der Waals surface area (Å²) in [5.74, 6) is 0.720. The number of anilines is 1.